The van der Waals surface area contributed by atoms with Crippen molar-refractivity contribution in [2.45, 2.75) is 0 Å². The van der Waals surface area contributed by atoms with Gasteiger partial charge in [-0.2, -0.15) is 0 Å². The van der Waals surface area contributed by atoms with E-state index in [0.29, 0.717) is 11.4 Å². The van der Waals surface area contributed by atoms with E-state index >= 15 is 0 Å². The van der Waals surface area contributed by atoms with E-state index in [2.05, 4.69) is 21.2 Å². The first-order valence-corrected chi connectivity index (χ1v) is 4.58. The highest BCUT2D eigenvalue weighted by Gasteiger charge is 2.00. The standard InChI is InChI=1S/C7H8BrN2OP/c8-4-1-2-6(5(9)3-4)10-7(11)12/h1-3H,9,12H2,(H,10,11). The zero-order valence-electron chi connectivity index (χ0n) is 6.17. The number of hydrogen-bond donors (Lipinski definition) is 2. The van der Waals surface area contributed by atoms with Gasteiger partial charge in [-0.1, -0.05) is 15.9 Å². The number of amides is 1. The Hall–Kier alpha value is -0.600. The lowest BCUT2D eigenvalue weighted by molar-refractivity contribution is 0.269. The van der Waals surface area contributed by atoms with Gasteiger partial charge in [0.05, 0.1) is 11.4 Å². The van der Waals surface area contributed by atoms with Gasteiger partial charge in [0.2, 0.25) is 5.65 Å². The molecule has 0 spiro atoms. The molecule has 12 heavy (non-hydrogen) atoms. The summed E-state index contributed by atoms with van der Waals surface area (Å²) in [6.07, 6.45) is 0. The van der Waals surface area contributed by atoms with Crippen LogP contribution in [-0.2, 0) is 0 Å². The molecule has 3 N–H and O–H groups in total. The summed E-state index contributed by atoms with van der Waals surface area (Å²) in [5, 5.41) is 2.58. The third-order valence-electron chi connectivity index (χ3n) is 1.27. The maximum atomic E-state index is 10.6. The molecule has 1 atom stereocenters. The lowest BCUT2D eigenvalue weighted by Crippen LogP contribution is -2.03. The van der Waals surface area contributed by atoms with Crippen molar-refractivity contribution < 1.29 is 4.79 Å². The van der Waals surface area contributed by atoms with Gasteiger partial charge in [0.1, 0.15) is 0 Å². The van der Waals surface area contributed by atoms with E-state index in [1.165, 1.54) is 0 Å². The first-order valence-electron chi connectivity index (χ1n) is 3.21. The summed E-state index contributed by atoms with van der Waals surface area (Å²) in [4.78, 5) is 10.6. The second-order valence-corrected chi connectivity index (χ2v) is 3.66. The molecular weight excluding hydrogens is 239 g/mol. The van der Waals surface area contributed by atoms with Gasteiger partial charge in [-0.3, -0.25) is 4.79 Å². The predicted molar refractivity (Wildman–Crippen MR) is 57.3 cm³/mol. The fourth-order valence-electron chi connectivity index (χ4n) is 0.780. The van der Waals surface area contributed by atoms with Crippen LogP contribution in [0.25, 0.3) is 0 Å². The molecule has 0 saturated carbocycles. The van der Waals surface area contributed by atoms with Gasteiger partial charge < -0.3 is 11.1 Å². The topological polar surface area (TPSA) is 55.1 Å². The molecule has 0 aliphatic rings. The fourth-order valence-corrected chi connectivity index (χ4v) is 1.31. The summed E-state index contributed by atoms with van der Waals surface area (Å²) in [7, 11) is 2.02. The van der Waals surface area contributed by atoms with Crippen LogP contribution in [0.3, 0.4) is 0 Å². The minimum Gasteiger partial charge on any atom is -0.397 e. The van der Waals surface area contributed by atoms with Gasteiger partial charge in [-0.25, -0.2) is 0 Å². The molecule has 0 aliphatic heterocycles. The lowest BCUT2D eigenvalue weighted by Gasteiger charge is -2.05. The minimum atomic E-state index is -0.205. The van der Waals surface area contributed by atoms with Crippen LogP contribution in [0, 0.1) is 0 Å². The average molecular weight is 247 g/mol. The summed E-state index contributed by atoms with van der Waals surface area (Å²) in [5.41, 5.74) is 6.58. The first kappa shape index (κ1) is 9.49. The number of hydrogen-bond acceptors (Lipinski definition) is 2. The number of carbonyl (C=O) groups excluding carboxylic acids is 1. The molecule has 0 aromatic heterocycles. The smallest absolute Gasteiger partial charge is 0.239 e. The molecule has 0 aliphatic carbocycles. The Kier molecular flexibility index (Phi) is 3.06. The first-order chi connectivity index (χ1) is 5.59. The highest BCUT2D eigenvalue weighted by atomic mass is 79.9. The van der Waals surface area contributed by atoms with Crippen molar-refractivity contribution in [2.75, 3.05) is 11.1 Å². The Balaban J connectivity index is 2.93. The van der Waals surface area contributed by atoms with Crippen molar-refractivity contribution >= 4 is 42.2 Å². The van der Waals surface area contributed by atoms with Gasteiger partial charge in [-0.15, -0.1) is 0 Å². The molecule has 0 fully saturated rings. The number of benzene rings is 1. The van der Waals surface area contributed by atoms with Crippen molar-refractivity contribution in [1.82, 2.24) is 0 Å². The predicted octanol–water partition coefficient (Wildman–Crippen LogP) is 2.44. The normalized spacial score (nSPS) is 9.50. The minimum absolute atomic E-state index is 0.205. The van der Waals surface area contributed by atoms with Gasteiger partial charge in [0.25, 0.3) is 0 Å². The summed E-state index contributed by atoms with van der Waals surface area (Å²) in [6, 6.07) is 5.28. The number of nitrogens with two attached hydrogens (primary N) is 1. The van der Waals surface area contributed by atoms with Crippen molar-refractivity contribution in [3.8, 4) is 0 Å². The largest absolute Gasteiger partial charge is 0.397 e. The third kappa shape index (κ3) is 2.47. The molecule has 1 rings (SSSR count). The number of rotatable bonds is 1. The van der Waals surface area contributed by atoms with Gasteiger partial charge in [0, 0.05) is 4.47 Å². The molecule has 1 amide bonds. The Bertz CT molecular complexity index is 316. The molecule has 5 heteroatoms. The van der Waals surface area contributed by atoms with Crippen LogP contribution in [0.2, 0.25) is 0 Å². The lowest BCUT2D eigenvalue weighted by atomic mass is 10.3. The molecule has 1 aromatic carbocycles. The summed E-state index contributed by atoms with van der Waals surface area (Å²) < 4.78 is 0.891. The number of anilines is 2. The Morgan fingerprint density at radius 2 is 2.25 bits per heavy atom. The van der Waals surface area contributed by atoms with E-state index in [0.717, 1.165) is 4.47 Å². The zero-order valence-corrected chi connectivity index (χ0v) is 8.91. The SMILES string of the molecule is Nc1cc(Br)ccc1NC(=O)P. The second-order valence-electron chi connectivity index (χ2n) is 2.22. The highest BCUT2D eigenvalue weighted by molar-refractivity contribution is 9.10. The molecule has 3 nitrogen and oxygen atoms in total. The van der Waals surface area contributed by atoms with E-state index in [-0.39, 0.29) is 5.65 Å². The van der Waals surface area contributed by atoms with Gasteiger partial charge in [0.15, 0.2) is 0 Å². The fraction of sp³-hybridized carbons (Fsp3) is 0. The van der Waals surface area contributed by atoms with Crippen LogP contribution < -0.4 is 11.1 Å². The van der Waals surface area contributed by atoms with Crippen molar-refractivity contribution in [3.63, 3.8) is 0 Å². The molecule has 64 valence electrons. The van der Waals surface area contributed by atoms with Crippen LogP contribution in [0.4, 0.5) is 16.2 Å². The molecule has 1 aromatic rings. The van der Waals surface area contributed by atoms with Crippen molar-refractivity contribution in [2.24, 2.45) is 0 Å². The summed E-state index contributed by atoms with van der Waals surface area (Å²) in [6.45, 7) is 0. The summed E-state index contributed by atoms with van der Waals surface area (Å²) >= 11 is 3.26. The monoisotopic (exact) mass is 246 g/mol. The van der Waals surface area contributed by atoms with Crippen LogP contribution in [-0.4, -0.2) is 5.65 Å². The van der Waals surface area contributed by atoms with Crippen LogP contribution in [0.1, 0.15) is 0 Å². The zero-order chi connectivity index (χ0) is 9.14. The average Bonchev–Trinajstić information content (AvgIpc) is 1.94. The van der Waals surface area contributed by atoms with Gasteiger partial charge in [-0.05, 0) is 27.4 Å². The second kappa shape index (κ2) is 3.87. The number of nitrogens with one attached hydrogen (secondary N) is 1. The molecule has 0 saturated heterocycles. The van der Waals surface area contributed by atoms with Crippen LogP contribution in [0.5, 0.6) is 0 Å². The van der Waals surface area contributed by atoms with Crippen LogP contribution >= 0.6 is 25.2 Å². The Morgan fingerprint density at radius 1 is 1.58 bits per heavy atom. The third-order valence-corrected chi connectivity index (χ3v) is 1.91. The number of carbonyl (C=O) groups is 1. The van der Waals surface area contributed by atoms with E-state index in [1.807, 2.05) is 15.3 Å². The van der Waals surface area contributed by atoms with E-state index in [4.69, 9.17) is 5.73 Å². The maximum Gasteiger partial charge on any atom is 0.239 e. The van der Waals surface area contributed by atoms with Crippen molar-refractivity contribution in [3.05, 3.63) is 22.7 Å². The highest BCUT2D eigenvalue weighted by Crippen LogP contribution is 2.23. The summed E-state index contributed by atoms with van der Waals surface area (Å²) in [5.74, 6) is 0. The molecule has 0 bridgehead atoms. The molecular formula is C7H8BrN2OP. The molecule has 0 radical (unpaired) electrons. The van der Waals surface area contributed by atoms with E-state index < -0.39 is 0 Å². The molecule has 0 heterocycles. The van der Waals surface area contributed by atoms with E-state index in [9.17, 15) is 4.79 Å². The quantitative estimate of drug-likeness (QED) is 0.591. The van der Waals surface area contributed by atoms with Gasteiger partial charge >= 0.3 is 0 Å². The van der Waals surface area contributed by atoms with Crippen molar-refractivity contribution in [1.29, 1.82) is 0 Å². The number of nitrogen functional groups attached to an aromatic ring is 1. The van der Waals surface area contributed by atoms with E-state index in [1.54, 1.807) is 12.1 Å². The Labute approximate surface area is 81.0 Å². The number of halogens is 1. The molecule has 1 unspecified atom stereocenters. The maximum absolute atomic E-state index is 10.6. The van der Waals surface area contributed by atoms with Crippen LogP contribution in [0.15, 0.2) is 22.7 Å². The Morgan fingerprint density at radius 3 is 2.75 bits per heavy atom.